The third-order valence-electron chi connectivity index (χ3n) is 2.26. The van der Waals surface area contributed by atoms with Crippen molar-refractivity contribution in [2.24, 2.45) is 0 Å². The van der Waals surface area contributed by atoms with Crippen LogP contribution in [0.3, 0.4) is 0 Å². The molecule has 0 atom stereocenters. The van der Waals surface area contributed by atoms with Crippen LogP contribution >= 0.6 is 27.3 Å². The van der Waals surface area contributed by atoms with Crippen molar-refractivity contribution >= 4 is 27.3 Å². The molecule has 0 aliphatic carbocycles. The van der Waals surface area contributed by atoms with Crippen molar-refractivity contribution in [3.63, 3.8) is 0 Å². The number of aromatic nitrogens is 1. The van der Waals surface area contributed by atoms with Gasteiger partial charge in [0, 0.05) is 18.0 Å². The van der Waals surface area contributed by atoms with E-state index in [1.54, 1.807) is 17.4 Å². The fourth-order valence-electron chi connectivity index (χ4n) is 1.45. The Labute approximate surface area is 121 Å². The molecule has 0 amide bonds. The Bertz CT molecular complexity index is 519. The molecule has 0 spiro atoms. The summed E-state index contributed by atoms with van der Waals surface area (Å²) in [5.74, 6) is 0.0703. The lowest BCUT2D eigenvalue weighted by molar-refractivity contribution is -0.0500. The number of pyridine rings is 1. The zero-order chi connectivity index (χ0) is 13.7. The third kappa shape index (κ3) is 4.85. The number of nitrogens with one attached hydrogen (secondary N) is 1. The van der Waals surface area contributed by atoms with Crippen molar-refractivity contribution in [2.75, 3.05) is 0 Å². The quantitative estimate of drug-likeness (QED) is 0.862. The number of ether oxygens (including phenoxy) is 1. The minimum atomic E-state index is -2.82. The van der Waals surface area contributed by atoms with E-state index in [0.29, 0.717) is 6.54 Å². The van der Waals surface area contributed by atoms with Crippen LogP contribution in [0, 0.1) is 0 Å². The lowest BCUT2D eigenvalue weighted by atomic mass is 10.3. The van der Waals surface area contributed by atoms with Crippen LogP contribution in [0.15, 0.2) is 34.2 Å². The first-order valence-electron chi connectivity index (χ1n) is 5.48. The Morgan fingerprint density at radius 2 is 2.11 bits per heavy atom. The van der Waals surface area contributed by atoms with Crippen LogP contribution < -0.4 is 10.1 Å². The van der Waals surface area contributed by atoms with Gasteiger partial charge in [-0.3, -0.25) is 4.98 Å². The molecule has 0 aliphatic rings. The lowest BCUT2D eigenvalue weighted by Gasteiger charge is -2.05. The summed E-state index contributed by atoms with van der Waals surface area (Å²) in [7, 11) is 0. The summed E-state index contributed by atoms with van der Waals surface area (Å²) in [5, 5.41) is 3.23. The van der Waals surface area contributed by atoms with E-state index in [0.717, 1.165) is 16.0 Å². The second-order valence-electron chi connectivity index (χ2n) is 3.67. The zero-order valence-electron chi connectivity index (χ0n) is 9.78. The maximum absolute atomic E-state index is 11.9. The molecule has 0 radical (unpaired) electrons. The van der Waals surface area contributed by atoms with E-state index in [-0.39, 0.29) is 5.75 Å². The molecule has 0 unspecified atom stereocenters. The van der Waals surface area contributed by atoms with Crippen LogP contribution in [-0.4, -0.2) is 11.6 Å². The van der Waals surface area contributed by atoms with Gasteiger partial charge in [0.15, 0.2) is 0 Å². The molecule has 2 aromatic heterocycles. The topological polar surface area (TPSA) is 34.1 Å². The minimum absolute atomic E-state index is 0.0703. The van der Waals surface area contributed by atoms with Crippen molar-refractivity contribution in [1.82, 2.24) is 10.3 Å². The molecule has 7 heteroatoms. The number of halogens is 3. The highest BCUT2D eigenvalue weighted by Crippen LogP contribution is 2.21. The van der Waals surface area contributed by atoms with Gasteiger partial charge in [0.25, 0.3) is 0 Å². The van der Waals surface area contributed by atoms with Crippen LogP contribution in [-0.2, 0) is 13.1 Å². The zero-order valence-corrected chi connectivity index (χ0v) is 12.2. The molecular formula is C12H11BrF2N2OS. The van der Waals surface area contributed by atoms with Gasteiger partial charge in [-0.25, -0.2) is 0 Å². The van der Waals surface area contributed by atoms with E-state index in [4.69, 9.17) is 0 Å². The molecular weight excluding hydrogens is 338 g/mol. The lowest BCUT2D eigenvalue weighted by Crippen LogP contribution is -2.12. The standard InChI is InChI=1S/C12H11BrF2N2OS/c13-11-4-3-10(19-11)7-16-5-8-1-2-9(6-17-8)18-12(14)15/h1-4,6,12,16H,5,7H2. The van der Waals surface area contributed by atoms with E-state index in [1.165, 1.54) is 17.1 Å². The van der Waals surface area contributed by atoms with Gasteiger partial charge in [0.2, 0.25) is 0 Å². The van der Waals surface area contributed by atoms with Crippen LogP contribution in [0.4, 0.5) is 8.78 Å². The fraction of sp³-hybridized carbons (Fsp3) is 0.250. The highest BCUT2D eigenvalue weighted by atomic mass is 79.9. The van der Waals surface area contributed by atoms with Gasteiger partial charge in [0.1, 0.15) is 5.75 Å². The van der Waals surface area contributed by atoms with E-state index in [9.17, 15) is 8.78 Å². The average Bonchev–Trinajstić information content (AvgIpc) is 2.77. The number of thiophene rings is 1. The van der Waals surface area contributed by atoms with E-state index in [2.05, 4.69) is 31.0 Å². The van der Waals surface area contributed by atoms with Gasteiger partial charge in [-0.15, -0.1) is 11.3 Å². The number of alkyl halides is 2. The van der Waals surface area contributed by atoms with Crippen molar-refractivity contribution < 1.29 is 13.5 Å². The van der Waals surface area contributed by atoms with Crippen molar-refractivity contribution in [3.05, 3.63) is 44.8 Å². The largest absolute Gasteiger partial charge is 0.433 e. The van der Waals surface area contributed by atoms with Crippen molar-refractivity contribution in [3.8, 4) is 5.75 Å². The van der Waals surface area contributed by atoms with Gasteiger partial charge >= 0.3 is 6.61 Å². The summed E-state index contributed by atoms with van der Waals surface area (Å²) >= 11 is 5.06. The van der Waals surface area contributed by atoms with Crippen LogP contribution in [0.25, 0.3) is 0 Å². The first-order valence-corrected chi connectivity index (χ1v) is 7.09. The van der Waals surface area contributed by atoms with Crippen molar-refractivity contribution in [2.45, 2.75) is 19.7 Å². The summed E-state index contributed by atoms with van der Waals surface area (Å²) < 4.78 is 29.2. The Hall–Kier alpha value is -1.05. The second-order valence-corrected chi connectivity index (χ2v) is 6.22. The highest BCUT2D eigenvalue weighted by molar-refractivity contribution is 9.11. The first kappa shape index (κ1) is 14.4. The summed E-state index contributed by atoms with van der Waals surface area (Å²) in [4.78, 5) is 5.25. The smallest absolute Gasteiger partial charge is 0.387 e. The Morgan fingerprint density at radius 3 is 2.68 bits per heavy atom. The molecule has 2 rings (SSSR count). The maximum atomic E-state index is 11.9. The molecule has 0 fully saturated rings. The molecule has 3 nitrogen and oxygen atoms in total. The SMILES string of the molecule is FC(F)Oc1ccc(CNCc2ccc(Br)s2)nc1. The summed E-state index contributed by atoms with van der Waals surface area (Å²) in [6.07, 6.45) is 1.30. The summed E-state index contributed by atoms with van der Waals surface area (Å²) in [6.45, 7) is -1.50. The van der Waals surface area contributed by atoms with Gasteiger partial charge in [-0.1, -0.05) is 0 Å². The Balaban J connectivity index is 1.79. The Morgan fingerprint density at radius 1 is 1.26 bits per heavy atom. The summed E-state index contributed by atoms with van der Waals surface area (Å²) in [6, 6.07) is 7.18. The van der Waals surface area contributed by atoms with Gasteiger partial charge in [0.05, 0.1) is 15.7 Å². The average molecular weight is 349 g/mol. The molecule has 19 heavy (non-hydrogen) atoms. The number of hydrogen-bond acceptors (Lipinski definition) is 4. The highest BCUT2D eigenvalue weighted by Gasteiger charge is 2.04. The monoisotopic (exact) mass is 348 g/mol. The van der Waals surface area contributed by atoms with E-state index >= 15 is 0 Å². The van der Waals surface area contributed by atoms with Crippen LogP contribution in [0.5, 0.6) is 5.75 Å². The second kappa shape index (κ2) is 6.93. The molecule has 1 N–H and O–H groups in total. The predicted octanol–water partition coefficient (Wildman–Crippen LogP) is 3.80. The van der Waals surface area contributed by atoms with E-state index in [1.807, 2.05) is 12.1 Å². The van der Waals surface area contributed by atoms with Crippen LogP contribution in [0.2, 0.25) is 0 Å². The van der Waals surface area contributed by atoms with Crippen LogP contribution in [0.1, 0.15) is 10.6 Å². The molecule has 0 saturated heterocycles. The minimum Gasteiger partial charge on any atom is -0.433 e. The third-order valence-corrected chi connectivity index (χ3v) is 3.88. The van der Waals surface area contributed by atoms with E-state index < -0.39 is 6.61 Å². The fourth-order valence-corrected chi connectivity index (χ4v) is 2.90. The molecule has 0 saturated carbocycles. The number of nitrogens with zero attached hydrogens (tertiary/aromatic N) is 1. The predicted molar refractivity (Wildman–Crippen MR) is 73.4 cm³/mol. The molecule has 102 valence electrons. The molecule has 2 aromatic rings. The summed E-state index contributed by atoms with van der Waals surface area (Å²) in [5.41, 5.74) is 0.775. The van der Waals surface area contributed by atoms with Crippen molar-refractivity contribution in [1.29, 1.82) is 0 Å². The normalized spacial score (nSPS) is 10.9. The molecule has 0 bridgehead atoms. The Kier molecular flexibility index (Phi) is 5.24. The maximum Gasteiger partial charge on any atom is 0.387 e. The molecule has 2 heterocycles. The van der Waals surface area contributed by atoms with Gasteiger partial charge in [-0.05, 0) is 40.2 Å². The first-order chi connectivity index (χ1) is 9.13. The van der Waals surface area contributed by atoms with Gasteiger partial charge in [-0.2, -0.15) is 8.78 Å². The van der Waals surface area contributed by atoms with Gasteiger partial charge < -0.3 is 10.1 Å². The number of hydrogen-bond donors (Lipinski definition) is 1. The number of rotatable bonds is 6. The molecule has 0 aliphatic heterocycles. The molecule has 0 aromatic carbocycles.